The van der Waals surface area contributed by atoms with Crippen molar-refractivity contribution in [1.29, 1.82) is 5.26 Å². The first-order valence-corrected chi connectivity index (χ1v) is 6.30. The number of carbonyl (C=O) groups is 1. The fourth-order valence-electron chi connectivity index (χ4n) is 2.05. The fraction of sp³-hybridized carbons (Fsp3) is 0.467. The fourth-order valence-corrected chi connectivity index (χ4v) is 2.05. The monoisotopic (exact) mass is 244 g/mol. The van der Waals surface area contributed by atoms with Gasteiger partial charge in [0.2, 0.25) is 5.91 Å². The molecule has 3 heteroatoms. The van der Waals surface area contributed by atoms with Crippen molar-refractivity contribution >= 4 is 5.91 Å². The predicted molar refractivity (Wildman–Crippen MR) is 71.5 cm³/mol. The minimum atomic E-state index is -0.871. The number of nitrogens with zero attached hydrogens (tertiary/aromatic N) is 2. The third-order valence-electron chi connectivity index (χ3n) is 3.44. The largest absolute Gasteiger partial charge is 0.340 e. The zero-order chi connectivity index (χ0) is 13.6. The summed E-state index contributed by atoms with van der Waals surface area (Å²) < 4.78 is 0. The van der Waals surface area contributed by atoms with Gasteiger partial charge in [-0.1, -0.05) is 44.2 Å². The molecule has 3 nitrogen and oxygen atoms in total. The van der Waals surface area contributed by atoms with E-state index in [-0.39, 0.29) is 5.91 Å². The number of benzene rings is 1. The Morgan fingerprint density at radius 3 is 2.28 bits per heavy atom. The highest BCUT2D eigenvalue weighted by Crippen LogP contribution is 2.28. The van der Waals surface area contributed by atoms with Crippen molar-refractivity contribution in [3.63, 3.8) is 0 Å². The second kappa shape index (κ2) is 6.20. The molecule has 0 fully saturated rings. The quantitative estimate of drug-likeness (QED) is 0.799. The molecule has 0 bridgehead atoms. The van der Waals surface area contributed by atoms with Crippen LogP contribution in [0.3, 0.4) is 0 Å². The minimum absolute atomic E-state index is 0.0844. The zero-order valence-electron chi connectivity index (χ0n) is 11.3. The Morgan fingerprint density at radius 2 is 1.83 bits per heavy atom. The van der Waals surface area contributed by atoms with E-state index in [9.17, 15) is 10.1 Å². The minimum Gasteiger partial charge on any atom is -0.340 e. The van der Waals surface area contributed by atoms with E-state index in [1.807, 2.05) is 44.2 Å². The average Bonchev–Trinajstić information content (AvgIpc) is 2.42. The molecule has 0 aliphatic carbocycles. The predicted octanol–water partition coefficient (Wildman–Crippen LogP) is 2.97. The summed E-state index contributed by atoms with van der Waals surface area (Å²) in [4.78, 5) is 14.0. The maximum absolute atomic E-state index is 12.4. The molecular weight excluding hydrogens is 224 g/mol. The smallest absolute Gasteiger partial charge is 0.243 e. The first kappa shape index (κ1) is 14.2. The summed E-state index contributed by atoms with van der Waals surface area (Å²) in [6.45, 7) is 4.32. The Kier molecular flexibility index (Phi) is 4.91. The number of nitriles is 1. The molecule has 0 aliphatic heterocycles. The van der Waals surface area contributed by atoms with Gasteiger partial charge in [0.15, 0.2) is 0 Å². The molecule has 0 N–H and O–H groups in total. The van der Waals surface area contributed by atoms with Crippen molar-refractivity contribution in [3.8, 4) is 6.07 Å². The molecule has 0 radical (unpaired) electrons. The lowest BCUT2D eigenvalue weighted by Gasteiger charge is -2.28. The van der Waals surface area contributed by atoms with Crippen LogP contribution in [0, 0.1) is 16.7 Å². The normalized spacial score (nSPS) is 10.8. The summed E-state index contributed by atoms with van der Waals surface area (Å²) in [6, 6.07) is 12.0. The highest BCUT2D eigenvalue weighted by molar-refractivity contribution is 5.85. The van der Waals surface area contributed by atoms with Gasteiger partial charge < -0.3 is 4.90 Å². The second-order valence-corrected chi connectivity index (χ2v) is 4.55. The Bertz CT molecular complexity index is 430. The summed E-state index contributed by atoms with van der Waals surface area (Å²) in [5.41, 5.74) is 0.205. The molecule has 0 aromatic heterocycles. The van der Waals surface area contributed by atoms with Crippen LogP contribution >= 0.6 is 0 Å². The highest BCUT2D eigenvalue weighted by atomic mass is 16.2. The third-order valence-corrected chi connectivity index (χ3v) is 3.44. The molecule has 1 rings (SSSR count). The van der Waals surface area contributed by atoms with Gasteiger partial charge in [0.05, 0.1) is 6.07 Å². The van der Waals surface area contributed by atoms with Gasteiger partial charge in [-0.2, -0.15) is 5.26 Å². The molecule has 0 atom stereocenters. The molecule has 1 amide bonds. The van der Waals surface area contributed by atoms with E-state index in [4.69, 9.17) is 0 Å². The van der Waals surface area contributed by atoms with Crippen LogP contribution in [-0.2, 0) is 11.3 Å². The standard InChI is InChI=1S/C15H20N2O/c1-4-15(5-2,12-16)14(18)17(3)11-13-9-7-6-8-10-13/h6-10H,4-5,11H2,1-3H3. The lowest BCUT2D eigenvalue weighted by atomic mass is 9.82. The Morgan fingerprint density at radius 1 is 1.28 bits per heavy atom. The van der Waals surface area contributed by atoms with Gasteiger partial charge in [-0.25, -0.2) is 0 Å². The van der Waals surface area contributed by atoms with Crippen LogP contribution in [0.2, 0.25) is 0 Å². The average molecular weight is 244 g/mol. The van der Waals surface area contributed by atoms with Gasteiger partial charge in [0, 0.05) is 13.6 Å². The number of rotatable bonds is 5. The molecular formula is C15H20N2O. The van der Waals surface area contributed by atoms with Crippen molar-refractivity contribution in [2.24, 2.45) is 5.41 Å². The van der Waals surface area contributed by atoms with Gasteiger partial charge in [0.25, 0.3) is 0 Å². The second-order valence-electron chi connectivity index (χ2n) is 4.55. The molecule has 0 saturated carbocycles. The van der Waals surface area contributed by atoms with Gasteiger partial charge in [-0.15, -0.1) is 0 Å². The van der Waals surface area contributed by atoms with Crippen LogP contribution in [0.25, 0.3) is 0 Å². The number of amides is 1. The van der Waals surface area contributed by atoms with Crippen molar-refractivity contribution in [2.75, 3.05) is 7.05 Å². The first-order valence-electron chi connectivity index (χ1n) is 6.30. The lowest BCUT2D eigenvalue weighted by Crippen LogP contribution is -2.40. The summed E-state index contributed by atoms with van der Waals surface area (Å²) in [6.07, 6.45) is 1.11. The molecule has 0 unspecified atom stereocenters. The van der Waals surface area contributed by atoms with E-state index < -0.39 is 5.41 Å². The van der Waals surface area contributed by atoms with E-state index in [1.54, 1.807) is 11.9 Å². The summed E-state index contributed by atoms with van der Waals surface area (Å²) in [7, 11) is 1.76. The van der Waals surface area contributed by atoms with E-state index in [0.29, 0.717) is 19.4 Å². The summed E-state index contributed by atoms with van der Waals surface area (Å²) in [5, 5.41) is 9.26. The SMILES string of the molecule is CCC(C#N)(CC)C(=O)N(C)Cc1ccccc1. The molecule has 0 heterocycles. The van der Waals surface area contributed by atoms with Crippen LogP contribution in [0.5, 0.6) is 0 Å². The summed E-state index contributed by atoms with van der Waals surface area (Å²) in [5.74, 6) is -0.0844. The van der Waals surface area contributed by atoms with E-state index >= 15 is 0 Å². The van der Waals surface area contributed by atoms with Crippen LogP contribution in [-0.4, -0.2) is 17.9 Å². The Labute approximate surface area is 109 Å². The van der Waals surface area contributed by atoms with Crippen molar-refractivity contribution in [3.05, 3.63) is 35.9 Å². The number of carbonyl (C=O) groups excluding carboxylic acids is 1. The molecule has 96 valence electrons. The zero-order valence-corrected chi connectivity index (χ0v) is 11.3. The Hall–Kier alpha value is -1.82. The van der Waals surface area contributed by atoms with Crippen LogP contribution in [0.1, 0.15) is 32.3 Å². The van der Waals surface area contributed by atoms with Crippen molar-refractivity contribution in [1.82, 2.24) is 4.90 Å². The molecule has 1 aromatic rings. The van der Waals surface area contributed by atoms with E-state index in [2.05, 4.69) is 6.07 Å². The van der Waals surface area contributed by atoms with Crippen LogP contribution in [0.15, 0.2) is 30.3 Å². The molecule has 0 saturated heterocycles. The molecule has 18 heavy (non-hydrogen) atoms. The maximum atomic E-state index is 12.4. The van der Waals surface area contributed by atoms with Gasteiger partial charge in [-0.05, 0) is 18.4 Å². The number of hydrogen-bond acceptors (Lipinski definition) is 2. The third kappa shape index (κ3) is 2.89. The molecule has 1 aromatic carbocycles. The van der Waals surface area contributed by atoms with Crippen LogP contribution < -0.4 is 0 Å². The molecule has 0 aliphatic rings. The summed E-state index contributed by atoms with van der Waals surface area (Å²) >= 11 is 0. The lowest BCUT2D eigenvalue weighted by molar-refractivity contribution is -0.138. The maximum Gasteiger partial charge on any atom is 0.243 e. The topological polar surface area (TPSA) is 44.1 Å². The first-order chi connectivity index (χ1) is 8.59. The van der Waals surface area contributed by atoms with Crippen molar-refractivity contribution < 1.29 is 4.79 Å². The van der Waals surface area contributed by atoms with E-state index in [1.165, 1.54) is 0 Å². The van der Waals surface area contributed by atoms with Gasteiger partial charge in [0.1, 0.15) is 5.41 Å². The highest BCUT2D eigenvalue weighted by Gasteiger charge is 2.37. The van der Waals surface area contributed by atoms with Crippen LogP contribution in [0.4, 0.5) is 0 Å². The number of hydrogen-bond donors (Lipinski definition) is 0. The Balaban J connectivity index is 2.81. The van der Waals surface area contributed by atoms with Gasteiger partial charge >= 0.3 is 0 Å². The van der Waals surface area contributed by atoms with Gasteiger partial charge in [-0.3, -0.25) is 4.79 Å². The van der Waals surface area contributed by atoms with E-state index in [0.717, 1.165) is 5.56 Å². The van der Waals surface area contributed by atoms with Crippen molar-refractivity contribution in [2.45, 2.75) is 33.2 Å². The molecule has 0 spiro atoms.